The van der Waals surface area contributed by atoms with Gasteiger partial charge in [0.2, 0.25) is 0 Å². The molecule has 0 saturated carbocycles. The smallest absolute Gasteiger partial charge is 0.306 e. The van der Waals surface area contributed by atoms with E-state index >= 15 is 0 Å². The molecule has 0 atom stereocenters. The number of thiocarbonyl (C=S) groups is 1. The van der Waals surface area contributed by atoms with E-state index < -0.39 is 0 Å². The minimum absolute atomic E-state index is 0.164. The third-order valence-corrected chi connectivity index (χ3v) is 6.96. The zero-order chi connectivity index (χ0) is 22.4. The molecule has 0 unspecified atom stereocenters. The van der Waals surface area contributed by atoms with Gasteiger partial charge in [0, 0.05) is 48.8 Å². The third kappa shape index (κ3) is 5.82. The van der Waals surface area contributed by atoms with Crippen LogP contribution < -0.4 is 5.01 Å². The zero-order valence-electron chi connectivity index (χ0n) is 17.5. The molecule has 1 fully saturated rings. The van der Waals surface area contributed by atoms with E-state index in [0.717, 1.165) is 41.1 Å². The summed E-state index contributed by atoms with van der Waals surface area (Å²) in [6.07, 6.45) is 2.05. The Morgan fingerprint density at radius 2 is 2.00 bits per heavy atom. The summed E-state index contributed by atoms with van der Waals surface area (Å²) in [5.41, 5.74) is 1.50. The van der Waals surface area contributed by atoms with Crippen molar-refractivity contribution in [2.45, 2.75) is 13.3 Å². The Balaban J connectivity index is 1.71. The number of hydrogen-bond donors (Lipinski definition) is 1. The first-order valence-corrected chi connectivity index (χ1v) is 12.0. The number of nitrogens with zero attached hydrogens (tertiary/aromatic N) is 4. The average molecular weight is 525 g/mol. The van der Waals surface area contributed by atoms with Crippen LogP contribution in [0, 0.1) is 0 Å². The number of carbonyl (C=O) groups excluding carboxylic acids is 1. The first-order chi connectivity index (χ1) is 14.9. The molecule has 0 aliphatic carbocycles. The standard InChI is InChI=1S/C21H25BrN4O3S2/c1-3-23-26(17-14-31-20(19(17)28)15-4-6-16(22)7-5-15)21(30)25-12-10-24(11-13-25)9-8-18(27)29-2/h3-7,14,28H,8-13H2,1-2H3. The van der Waals surface area contributed by atoms with Crippen molar-refractivity contribution in [2.75, 3.05) is 44.8 Å². The van der Waals surface area contributed by atoms with Crippen LogP contribution in [0.2, 0.25) is 0 Å². The van der Waals surface area contributed by atoms with E-state index in [2.05, 4.69) is 30.8 Å². The summed E-state index contributed by atoms with van der Waals surface area (Å²) in [5.74, 6) is -0.0343. The predicted molar refractivity (Wildman–Crippen MR) is 133 cm³/mol. The highest BCUT2D eigenvalue weighted by Gasteiger charge is 2.26. The topological polar surface area (TPSA) is 68.6 Å². The van der Waals surface area contributed by atoms with Crippen molar-refractivity contribution < 1.29 is 14.6 Å². The Labute approximate surface area is 200 Å². The van der Waals surface area contributed by atoms with E-state index in [9.17, 15) is 9.90 Å². The van der Waals surface area contributed by atoms with Gasteiger partial charge in [-0.25, -0.2) is 5.01 Å². The van der Waals surface area contributed by atoms with Gasteiger partial charge in [-0.05, 0) is 36.8 Å². The van der Waals surface area contributed by atoms with Crippen LogP contribution >= 0.6 is 39.5 Å². The number of esters is 1. The van der Waals surface area contributed by atoms with Crippen LogP contribution in [-0.2, 0) is 9.53 Å². The fraction of sp³-hybridized carbons (Fsp3) is 0.381. The molecular formula is C21H25BrN4O3S2. The van der Waals surface area contributed by atoms with Crippen molar-refractivity contribution in [3.63, 3.8) is 0 Å². The Morgan fingerprint density at radius 1 is 1.32 bits per heavy atom. The number of anilines is 1. The molecule has 2 heterocycles. The van der Waals surface area contributed by atoms with Gasteiger partial charge < -0.3 is 14.7 Å². The summed E-state index contributed by atoms with van der Waals surface area (Å²) < 4.78 is 5.70. The number of ether oxygens (including phenoxy) is 1. The molecule has 7 nitrogen and oxygen atoms in total. The molecule has 1 aliphatic heterocycles. The summed E-state index contributed by atoms with van der Waals surface area (Å²) in [6, 6.07) is 7.80. The number of rotatable bonds is 6. The van der Waals surface area contributed by atoms with E-state index in [-0.39, 0.29) is 11.7 Å². The quantitative estimate of drug-likeness (QED) is 0.263. The van der Waals surface area contributed by atoms with Gasteiger partial charge in [0.15, 0.2) is 10.9 Å². The number of halogens is 1. The van der Waals surface area contributed by atoms with Crippen molar-refractivity contribution >= 4 is 62.5 Å². The number of thiophene rings is 1. The summed E-state index contributed by atoms with van der Waals surface area (Å²) in [4.78, 5) is 16.4. The van der Waals surface area contributed by atoms with Crippen molar-refractivity contribution in [1.82, 2.24) is 9.80 Å². The van der Waals surface area contributed by atoms with Crippen molar-refractivity contribution in [1.29, 1.82) is 0 Å². The van der Waals surface area contributed by atoms with Gasteiger partial charge in [0.1, 0.15) is 5.69 Å². The van der Waals surface area contributed by atoms with E-state index in [0.29, 0.717) is 23.8 Å². The number of piperazine rings is 1. The number of aromatic hydroxyl groups is 1. The van der Waals surface area contributed by atoms with E-state index in [1.165, 1.54) is 18.4 Å². The third-order valence-electron chi connectivity index (χ3n) is 5.00. The SMILES string of the molecule is CC=NN(C(=S)N1CCN(CCC(=O)OC)CC1)c1csc(-c2ccc(Br)cc2)c1O. The first-order valence-electron chi connectivity index (χ1n) is 9.87. The lowest BCUT2D eigenvalue weighted by atomic mass is 10.2. The zero-order valence-corrected chi connectivity index (χ0v) is 20.7. The highest BCUT2D eigenvalue weighted by atomic mass is 79.9. The van der Waals surface area contributed by atoms with Crippen LogP contribution in [0.25, 0.3) is 10.4 Å². The molecular weight excluding hydrogens is 500 g/mol. The van der Waals surface area contributed by atoms with Crippen molar-refractivity contribution in [3.05, 3.63) is 34.1 Å². The summed E-state index contributed by atoms with van der Waals surface area (Å²) in [5, 5.41) is 19.4. The van der Waals surface area contributed by atoms with Crippen molar-refractivity contribution in [2.24, 2.45) is 5.10 Å². The maximum absolute atomic E-state index is 11.4. The minimum atomic E-state index is -0.198. The van der Waals surface area contributed by atoms with Crippen LogP contribution in [0.5, 0.6) is 5.75 Å². The molecule has 1 aromatic carbocycles. The Morgan fingerprint density at radius 3 is 2.61 bits per heavy atom. The molecule has 1 aliphatic rings. The lowest BCUT2D eigenvalue weighted by molar-refractivity contribution is -0.141. The Bertz CT molecular complexity index is 941. The monoisotopic (exact) mass is 524 g/mol. The highest BCUT2D eigenvalue weighted by molar-refractivity contribution is 9.10. The number of benzene rings is 1. The lowest BCUT2D eigenvalue weighted by Gasteiger charge is -2.37. The number of methoxy groups -OCH3 is 1. The highest BCUT2D eigenvalue weighted by Crippen LogP contribution is 2.44. The Kier molecular flexibility index (Phi) is 8.42. The van der Waals surface area contributed by atoms with Crippen molar-refractivity contribution in [3.8, 4) is 16.2 Å². The minimum Gasteiger partial charge on any atom is -0.504 e. The molecule has 31 heavy (non-hydrogen) atoms. The van der Waals surface area contributed by atoms with Crippen LogP contribution in [0.4, 0.5) is 5.69 Å². The predicted octanol–water partition coefficient (Wildman–Crippen LogP) is 4.16. The maximum Gasteiger partial charge on any atom is 0.306 e. The van der Waals surface area contributed by atoms with Crippen LogP contribution in [0.1, 0.15) is 13.3 Å². The number of hydrazone groups is 1. The summed E-state index contributed by atoms with van der Waals surface area (Å²) in [6.45, 7) is 5.52. The van der Waals surface area contributed by atoms with E-state index in [1.807, 2.05) is 36.6 Å². The van der Waals surface area contributed by atoms with Gasteiger partial charge in [-0.3, -0.25) is 9.69 Å². The van der Waals surface area contributed by atoms with E-state index in [1.54, 1.807) is 11.2 Å². The van der Waals surface area contributed by atoms with Crippen LogP contribution in [-0.4, -0.2) is 72.0 Å². The molecule has 0 radical (unpaired) electrons. The molecule has 1 saturated heterocycles. The molecule has 2 aromatic rings. The second-order valence-electron chi connectivity index (χ2n) is 6.93. The molecule has 0 amide bonds. The molecule has 3 rings (SSSR count). The van der Waals surface area contributed by atoms with Crippen LogP contribution in [0.15, 0.2) is 39.2 Å². The van der Waals surface area contributed by atoms with Gasteiger partial charge in [-0.1, -0.05) is 28.1 Å². The fourth-order valence-electron chi connectivity index (χ4n) is 3.28. The Hall–Kier alpha value is -2.01. The second-order valence-corrected chi connectivity index (χ2v) is 9.09. The van der Waals surface area contributed by atoms with Gasteiger partial charge in [0.05, 0.1) is 18.4 Å². The molecule has 1 aromatic heterocycles. The van der Waals surface area contributed by atoms with Gasteiger partial charge in [0.25, 0.3) is 0 Å². The average Bonchev–Trinajstić information content (AvgIpc) is 3.17. The van der Waals surface area contributed by atoms with Gasteiger partial charge in [-0.15, -0.1) is 11.3 Å². The number of carbonyl (C=O) groups is 1. The summed E-state index contributed by atoms with van der Waals surface area (Å²) in [7, 11) is 1.41. The largest absolute Gasteiger partial charge is 0.504 e. The fourth-order valence-corrected chi connectivity index (χ4v) is 4.80. The normalized spacial score (nSPS) is 14.7. The summed E-state index contributed by atoms with van der Waals surface area (Å²) >= 11 is 10.6. The molecule has 10 heteroatoms. The van der Waals surface area contributed by atoms with E-state index in [4.69, 9.17) is 17.0 Å². The molecule has 0 bridgehead atoms. The number of hydrogen-bond acceptors (Lipinski definition) is 7. The van der Waals surface area contributed by atoms with Gasteiger partial charge >= 0.3 is 5.97 Å². The maximum atomic E-state index is 11.4. The molecule has 1 N–H and O–H groups in total. The molecule has 166 valence electrons. The second kappa shape index (κ2) is 11.0. The van der Waals surface area contributed by atoms with Gasteiger partial charge in [-0.2, -0.15) is 5.10 Å². The first kappa shape index (κ1) is 23.6. The van der Waals surface area contributed by atoms with Crippen LogP contribution in [0.3, 0.4) is 0 Å². The lowest BCUT2D eigenvalue weighted by Crippen LogP contribution is -2.52. The molecule has 0 spiro atoms.